The van der Waals surface area contributed by atoms with Crippen LogP contribution in [0.25, 0.3) is 6.08 Å². The first kappa shape index (κ1) is 11.9. The Morgan fingerprint density at radius 2 is 2.00 bits per heavy atom. The molecule has 1 aliphatic carbocycles. The van der Waals surface area contributed by atoms with Gasteiger partial charge in [0.1, 0.15) is 0 Å². The number of hydrogen-bond donors (Lipinski definition) is 0. The van der Waals surface area contributed by atoms with E-state index >= 15 is 0 Å². The van der Waals surface area contributed by atoms with Crippen molar-refractivity contribution in [3.8, 4) is 0 Å². The van der Waals surface area contributed by atoms with Crippen LogP contribution in [0.2, 0.25) is 0 Å². The number of nitrogens with zero attached hydrogens (tertiary/aromatic N) is 2. The van der Waals surface area contributed by atoms with Crippen molar-refractivity contribution in [3.63, 3.8) is 0 Å². The van der Waals surface area contributed by atoms with Crippen LogP contribution >= 0.6 is 0 Å². The van der Waals surface area contributed by atoms with Crippen LogP contribution in [0.5, 0.6) is 0 Å². The van der Waals surface area contributed by atoms with Crippen LogP contribution < -0.4 is 0 Å². The average molecular weight is 242 g/mol. The van der Waals surface area contributed by atoms with E-state index in [0.29, 0.717) is 0 Å². The Bertz CT molecular complexity index is 419. The van der Waals surface area contributed by atoms with Crippen LogP contribution in [-0.4, -0.2) is 29.0 Å². The van der Waals surface area contributed by atoms with Gasteiger partial charge in [-0.15, -0.1) is 0 Å². The summed E-state index contributed by atoms with van der Waals surface area (Å²) >= 11 is 0. The molecule has 18 heavy (non-hydrogen) atoms. The SMILES string of the molecule is Cc1ccc(C=C2CCN(C3CCC3)CC2)cn1. The van der Waals surface area contributed by atoms with Gasteiger partial charge in [0.25, 0.3) is 0 Å². The number of likely N-dealkylation sites (tertiary alicyclic amines) is 1. The van der Waals surface area contributed by atoms with E-state index in [2.05, 4.69) is 28.1 Å². The molecule has 0 bridgehead atoms. The minimum absolute atomic E-state index is 0.910. The molecule has 0 radical (unpaired) electrons. The zero-order valence-electron chi connectivity index (χ0n) is 11.2. The largest absolute Gasteiger partial charge is 0.300 e. The number of hydrogen-bond acceptors (Lipinski definition) is 2. The van der Waals surface area contributed by atoms with Gasteiger partial charge in [-0.05, 0) is 44.2 Å². The summed E-state index contributed by atoms with van der Waals surface area (Å²) in [6.45, 7) is 4.56. The lowest BCUT2D eigenvalue weighted by molar-refractivity contribution is 0.118. The molecular weight excluding hydrogens is 220 g/mol. The molecule has 0 aromatic carbocycles. The Labute approximate surface area is 110 Å². The molecule has 2 heteroatoms. The Morgan fingerprint density at radius 1 is 1.22 bits per heavy atom. The van der Waals surface area contributed by atoms with Crippen LogP contribution in [0.3, 0.4) is 0 Å². The number of pyridine rings is 1. The molecule has 0 amide bonds. The maximum atomic E-state index is 4.36. The van der Waals surface area contributed by atoms with E-state index in [0.717, 1.165) is 11.7 Å². The second kappa shape index (κ2) is 5.23. The van der Waals surface area contributed by atoms with Gasteiger partial charge in [0.05, 0.1) is 0 Å². The first-order valence-electron chi connectivity index (χ1n) is 7.17. The third-order valence-corrected chi connectivity index (χ3v) is 4.34. The predicted octanol–water partition coefficient (Wildman–Crippen LogP) is 3.42. The molecule has 1 aromatic heterocycles. The molecule has 0 unspecified atom stereocenters. The van der Waals surface area contributed by atoms with Crippen LogP contribution in [0.4, 0.5) is 0 Å². The monoisotopic (exact) mass is 242 g/mol. The molecule has 0 atom stereocenters. The first-order chi connectivity index (χ1) is 8.81. The molecule has 2 nitrogen and oxygen atoms in total. The van der Waals surface area contributed by atoms with E-state index in [1.807, 2.05) is 13.1 Å². The molecular formula is C16H22N2. The quantitative estimate of drug-likeness (QED) is 0.790. The van der Waals surface area contributed by atoms with Gasteiger partial charge in [0.2, 0.25) is 0 Å². The number of piperidine rings is 1. The molecule has 0 N–H and O–H groups in total. The van der Waals surface area contributed by atoms with E-state index in [1.54, 1.807) is 5.57 Å². The molecule has 2 fully saturated rings. The van der Waals surface area contributed by atoms with Crippen molar-refractivity contribution < 1.29 is 0 Å². The van der Waals surface area contributed by atoms with Crippen LogP contribution in [-0.2, 0) is 0 Å². The maximum absolute atomic E-state index is 4.36. The van der Waals surface area contributed by atoms with Gasteiger partial charge < -0.3 is 0 Å². The second-order valence-electron chi connectivity index (χ2n) is 5.66. The maximum Gasteiger partial charge on any atom is 0.0373 e. The fourth-order valence-electron chi connectivity index (χ4n) is 2.87. The zero-order chi connectivity index (χ0) is 12.4. The van der Waals surface area contributed by atoms with Crippen molar-refractivity contribution in [1.82, 2.24) is 9.88 Å². The zero-order valence-corrected chi connectivity index (χ0v) is 11.2. The number of rotatable bonds is 2. The molecule has 1 saturated heterocycles. The average Bonchev–Trinajstić information content (AvgIpc) is 2.32. The number of aryl methyl sites for hydroxylation is 1. The van der Waals surface area contributed by atoms with E-state index in [-0.39, 0.29) is 0 Å². The minimum Gasteiger partial charge on any atom is -0.300 e. The van der Waals surface area contributed by atoms with E-state index in [4.69, 9.17) is 0 Å². The molecule has 1 aromatic rings. The summed E-state index contributed by atoms with van der Waals surface area (Å²) in [5, 5.41) is 0. The van der Waals surface area contributed by atoms with Gasteiger partial charge >= 0.3 is 0 Å². The molecule has 96 valence electrons. The highest BCUT2D eigenvalue weighted by Crippen LogP contribution is 2.29. The van der Waals surface area contributed by atoms with Crippen LogP contribution in [0, 0.1) is 6.92 Å². The fraction of sp³-hybridized carbons (Fsp3) is 0.562. The summed E-state index contributed by atoms with van der Waals surface area (Å²) in [7, 11) is 0. The fourth-order valence-corrected chi connectivity index (χ4v) is 2.87. The minimum atomic E-state index is 0.910. The highest BCUT2D eigenvalue weighted by atomic mass is 15.2. The van der Waals surface area contributed by atoms with E-state index in [9.17, 15) is 0 Å². The van der Waals surface area contributed by atoms with Gasteiger partial charge in [-0.1, -0.05) is 24.1 Å². The lowest BCUT2D eigenvalue weighted by atomic mass is 9.89. The Kier molecular flexibility index (Phi) is 3.46. The standard InChI is InChI=1S/C16H22N2/c1-13-5-6-15(12-17-13)11-14-7-9-18(10-8-14)16-3-2-4-16/h5-6,11-12,16H,2-4,7-10H2,1H3. The van der Waals surface area contributed by atoms with Crippen molar-refractivity contribution in [2.75, 3.05) is 13.1 Å². The predicted molar refractivity (Wildman–Crippen MR) is 75.4 cm³/mol. The highest BCUT2D eigenvalue weighted by molar-refractivity contribution is 5.52. The Balaban J connectivity index is 1.59. The lowest BCUT2D eigenvalue weighted by Gasteiger charge is -2.40. The van der Waals surface area contributed by atoms with Crippen LogP contribution in [0.1, 0.15) is 43.4 Å². The summed E-state index contributed by atoms with van der Waals surface area (Å²) in [5.74, 6) is 0. The molecule has 2 heterocycles. The van der Waals surface area contributed by atoms with Gasteiger partial charge in [-0.2, -0.15) is 0 Å². The molecule has 0 spiro atoms. The second-order valence-corrected chi connectivity index (χ2v) is 5.66. The van der Waals surface area contributed by atoms with Crippen molar-refractivity contribution in [3.05, 3.63) is 35.2 Å². The third-order valence-electron chi connectivity index (χ3n) is 4.34. The summed E-state index contributed by atoms with van der Waals surface area (Å²) in [5.41, 5.74) is 3.95. The van der Waals surface area contributed by atoms with Gasteiger partial charge in [0.15, 0.2) is 0 Å². The Morgan fingerprint density at radius 3 is 2.56 bits per heavy atom. The molecule has 2 aliphatic rings. The summed E-state index contributed by atoms with van der Waals surface area (Å²) in [4.78, 5) is 7.04. The van der Waals surface area contributed by atoms with E-state index < -0.39 is 0 Å². The summed E-state index contributed by atoms with van der Waals surface area (Å²) < 4.78 is 0. The smallest absolute Gasteiger partial charge is 0.0373 e. The molecule has 3 rings (SSSR count). The van der Waals surface area contributed by atoms with Gasteiger partial charge in [0, 0.05) is 31.0 Å². The first-order valence-corrected chi connectivity index (χ1v) is 7.17. The lowest BCUT2D eigenvalue weighted by Crippen LogP contribution is -2.43. The third kappa shape index (κ3) is 2.64. The molecule has 1 aliphatic heterocycles. The van der Waals surface area contributed by atoms with Crippen molar-refractivity contribution in [2.24, 2.45) is 0 Å². The van der Waals surface area contributed by atoms with Crippen molar-refractivity contribution in [2.45, 2.75) is 45.1 Å². The summed E-state index contributed by atoms with van der Waals surface area (Å²) in [6.07, 6.45) is 11.1. The topological polar surface area (TPSA) is 16.1 Å². The van der Waals surface area contributed by atoms with Crippen molar-refractivity contribution >= 4 is 6.08 Å². The summed E-state index contributed by atoms with van der Waals surface area (Å²) in [6, 6.07) is 5.18. The van der Waals surface area contributed by atoms with Crippen molar-refractivity contribution in [1.29, 1.82) is 0 Å². The van der Waals surface area contributed by atoms with E-state index in [1.165, 1.54) is 50.8 Å². The highest BCUT2D eigenvalue weighted by Gasteiger charge is 2.26. The van der Waals surface area contributed by atoms with Gasteiger partial charge in [-0.25, -0.2) is 0 Å². The van der Waals surface area contributed by atoms with Crippen LogP contribution in [0.15, 0.2) is 23.9 Å². The Hall–Kier alpha value is -1.15. The van der Waals surface area contributed by atoms with Gasteiger partial charge in [-0.3, -0.25) is 9.88 Å². The molecule has 1 saturated carbocycles. The normalized spacial score (nSPS) is 21.7. The number of aromatic nitrogens is 1.